The van der Waals surface area contributed by atoms with Crippen LogP contribution < -0.4 is 0 Å². The Bertz CT molecular complexity index is 985. The second-order valence-corrected chi connectivity index (χ2v) is 11.2. The smallest absolute Gasteiger partial charge is 0.302 e. The van der Waals surface area contributed by atoms with Crippen LogP contribution in [0, 0.1) is 40.4 Å². The zero-order valence-corrected chi connectivity index (χ0v) is 19.7. The zero-order valence-electron chi connectivity index (χ0n) is 19.7. The highest BCUT2D eigenvalue weighted by atomic mass is 16.5. The molecule has 3 nitrogen and oxygen atoms in total. The number of esters is 1. The normalized spacial score (nSPS) is 42.4. The van der Waals surface area contributed by atoms with Gasteiger partial charge in [-0.05, 0) is 80.2 Å². The topological polar surface area (TPSA) is 46.5 Å². The van der Waals surface area contributed by atoms with E-state index in [-0.39, 0.29) is 22.9 Å². The molecule has 32 heavy (non-hydrogen) atoms. The van der Waals surface area contributed by atoms with Crippen LogP contribution in [0.2, 0.25) is 0 Å². The highest BCUT2D eigenvalue weighted by Crippen LogP contribution is 2.67. The first-order valence-corrected chi connectivity index (χ1v) is 12.4. The van der Waals surface area contributed by atoms with E-state index in [1.165, 1.54) is 12.5 Å². The van der Waals surface area contributed by atoms with Crippen molar-refractivity contribution in [1.29, 1.82) is 0 Å². The first kappa shape index (κ1) is 21.8. The molecule has 1 aromatic carbocycles. The molecule has 0 heterocycles. The summed E-state index contributed by atoms with van der Waals surface area (Å²) in [5.74, 6) is 8.23. The maximum Gasteiger partial charge on any atom is 0.302 e. The first-order valence-electron chi connectivity index (χ1n) is 12.4. The molecule has 4 aliphatic carbocycles. The third kappa shape index (κ3) is 3.34. The first-order chi connectivity index (χ1) is 15.3. The van der Waals surface area contributed by atoms with Gasteiger partial charge in [0, 0.05) is 24.3 Å². The Labute approximate surface area is 192 Å². The summed E-state index contributed by atoms with van der Waals surface area (Å²) in [5, 5.41) is 11.8. The van der Waals surface area contributed by atoms with Crippen molar-refractivity contribution < 1.29 is 14.6 Å². The Kier molecular flexibility index (Phi) is 5.29. The molecule has 4 aliphatic rings. The summed E-state index contributed by atoms with van der Waals surface area (Å²) >= 11 is 0. The Morgan fingerprint density at radius 3 is 2.56 bits per heavy atom. The Hall–Kier alpha value is -2.05. The molecule has 1 N–H and O–H groups in total. The summed E-state index contributed by atoms with van der Waals surface area (Å²) < 4.78 is 5.57. The summed E-state index contributed by atoms with van der Waals surface area (Å²) in [6, 6.07) is 10.0. The van der Waals surface area contributed by atoms with Gasteiger partial charge in [-0.15, -0.1) is 0 Å². The lowest BCUT2D eigenvalue weighted by molar-refractivity contribution is -0.149. The van der Waals surface area contributed by atoms with Gasteiger partial charge in [0.1, 0.15) is 11.7 Å². The molecule has 5 rings (SSSR count). The van der Waals surface area contributed by atoms with Crippen molar-refractivity contribution in [2.45, 2.75) is 83.8 Å². The third-order valence-corrected chi connectivity index (χ3v) is 9.73. The van der Waals surface area contributed by atoms with E-state index in [0.29, 0.717) is 17.8 Å². The Balaban J connectivity index is 1.40. The van der Waals surface area contributed by atoms with Gasteiger partial charge >= 0.3 is 5.97 Å². The fourth-order valence-corrected chi connectivity index (χ4v) is 7.88. The van der Waals surface area contributed by atoms with E-state index < -0.39 is 5.60 Å². The molecule has 0 amide bonds. The van der Waals surface area contributed by atoms with Gasteiger partial charge in [-0.3, -0.25) is 4.79 Å². The molecule has 0 bridgehead atoms. The fraction of sp³-hybridized carbons (Fsp3) is 0.621. The number of benzene rings is 1. The van der Waals surface area contributed by atoms with Crippen LogP contribution in [0.3, 0.4) is 0 Å². The summed E-state index contributed by atoms with van der Waals surface area (Å²) in [4.78, 5) is 11.5. The summed E-state index contributed by atoms with van der Waals surface area (Å²) in [5.41, 5.74) is 1.64. The van der Waals surface area contributed by atoms with Gasteiger partial charge in [-0.25, -0.2) is 0 Å². The van der Waals surface area contributed by atoms with E-state index >= 15 is 0 Å². The number of aliphatic hydroxyl groups is 1. The van der Waals surface area contributed by atoms with E-state index in [4.69, 9.17) is 4.74 Å². The molecule has 3 heteroatoms. The van der Waals surface area contributed by atoms with Crippen LogP contribution in [-0.4, -0.2) is 22.8 Å². The molecule has 0 spiro atoms. The molecule has 0 aliphatic heterocycles. The van der Waals surface area contributed by atoms with Gasteiger partial charge in [0.25, 0.3) is 0 Å². The average Bonchev–Trinajstić information content (AvgIpc) is 3.04. The van der Waals surface area contributed by atoms with Crippen LogP contribution in [0.15, 0.2) is 42.0 Å². The van der Waals surface area contributed by atoms with Crippen LogP contribution >= 0.6 is 0 Å². The third-order valence-electron chi connectivity index (χ3n) is 9.73. The minimum absolute atomic E-state index is 0.0436. The molecule has 7 atom stereocenters. The van der Waals surface area contributed by atoms with Crippen molar-refractivity contribution in [2.24, 2.45) is 28.6 Å². The average molecular weight is 433 g/mol. The minimum Gasteiger partial charge on any atom is -0.462 e. The number of hydrogen-bond donors (Lipinski definition) is 1. The van der Waals surface area contributed by atoms with Crippen molar-refractivity contribution in [1.82, 2.24) is 0 Å². The molecular formula is C29H36O3. The molecule has 0 saturated heterocycles. The van der Waals surface area contributed by atoms with E-state index in [1.54, 1.807) is 0 Å². The highest BCUT2D eigenvalue weighted by molar-refractivity contribution is 5.66. The lowest BCUT2D eigenvalue weighted by Crippen LogP contribution is -2.54. The van der Waals surface area contributed by atoms with Gasteiger partial charge < -0.3 is 9.84 Å². The largest absolute Gasteiger partial charge is 0.462 e. The van der Waals surface area contributed by atoms with Crippen LogP contribution in [0.1, 0.15) is 77.7 Å². The van der Waals surface area contributed by atoms with Crippen LogP contribution in [0.25, 0.3) is 0 Å². The second kappa shape index (κ2) is 7.77. The molecular weight excluding hydrogens is 396 g/mol. The Morgan fingerprint density at radius 1 is 1.06 bits per heavy atom. The van der Waals surface area contributed by atoms with E-state index in [0.717, 1.165) is 56.9 Å². The predicted octanol–water partition coefficient (Wildman–Crippen LogP) is 5.66. The zero-order chi connectivity index (χ0) is 22.6. The molecule has 170 valence electrons. The lowest BCUT2D eigenvalue weighted by Gasteiger charge is -2.58. The van der Waals surface area contributed by atoms with Gasteiger partial charge in [-0.2, -0.15) is 0 Å². The number of hydrogen-bond acceptors (Lipinski definition) is 3. The summed E-state index contributed by atoms with van der Waals surface area (Å²) in [7, 11) is 0. The quantitative estimate of drug-likeness (QED) is 0.354. The van der Waals surface area contributed by atoms with Crippen molar-refractivity contribution in [3.8, 4) is 11.8 Å². The fourth-order valence-electron chi connectivity index (χ4n) is 7.88. The van der Waals surface area contributed by atoms with Crippen molar-refractivity contribution in [2.75, 3.05) is 0 Å². The molecule has 3 fully saturated rings. The highest BCUT2D eigenvalue weighted by Gasteiger charge is 2.63. The maximum absolute atomic E-state index is 11.8. The monoisotopic (exact) mass is 432 g/mol. The van der Waals surface area contributed by atoms with E-state index in [1.807, 2.05) is 30.3 Å². The lowest BCUT2D eigenvalue weighted by atomic mass is 9.47. The number of rotatable bonds is 1. The van der Waals surface area contributed by atoms with Crippen LogP contribution in [0.5, 0.6) is 0 Å². The number of ether oxygens (including phenoxy) is 1. The molecule has 1 aromatic rings. The van der Waals surface area contributed by atoms with E-state index in [9.17, 15) is 9.90 Å². The molecule has 3 saturated carbocycles. The second-order valence-electron chi connectivity index (χ2n) is 11.2. The molecule has 0 aromatic heterocycles. The van der Waals surface area contributed by atoms with Crippen molar-refractivity contribution >= 4 is 5.97 Å². The minimum atomic E-state index is -0.906. The van der Waals surface area contributed by atoms with Gasteiger partial charge in [0.05, 0.1) is 0 Å². The summed E-state index contributed by atoms with van der Waals surface area (Å²) in [6.07, 6.45) is 10.6. The standard InChI is InChI=1S/C29H36O3/c1-20(30)32-23-12-15-27(2)22(19-23)9-10-24-25(27)13-16-28(3)26(24)14-18-29(28,31)17-11-21-7-5-4-6-8-21/h4-9,23-26,31H,10,12-16,18-19H2,1-3H3/t23-,24+,25+,26+,27-,28+,29-/m0/s1. The Morgan fingerprint density at radius 2 is 1.81 bits per heavy atom. The number of carbonyl (C=O) groups excluding carboxylic acids is 1. The van der Waals surface area contributed by atoms with Gasteiger partial charge in [0.2, 0.25) is 0 Å². The SMILES string of the molecule is CC(=O)O[C@H]1CC[C@@]2(C)C(=CC[C@@H]3[C@H]2CC[C@]2(C)[C@@H]3CC[C@@]2(O)C#Cc2ccccc2)C1. The molecule has 0 radical (unpaired) electrons. The van der Waals surface area contributed by atoms with Crippen molar-refractivity contribution in [3.63, 3.8) is 0 Å². The van der Waals surface area contributed by atoms with Crippen molar-refractivity contribution in [3.05, 3.63) is 47.5 Å². The number of carbonyl (C=O) groups is 1. The number of allylic oxidation sites excluding steroid dienone is 1. The van der Waals surface area contributed by atoms with Crippen LogP contribution in [-0.2, 0) is 9.53 Å². The van der Waals surface area contributed by atoms with Gasteiger partial charge in [-0.1, -0.05) is 55.5 Å². The predicted molar refractivity (Wildman–Crippen MR) is 126 cm³/mol. The van der Waals surface area contributed by atoms with Crippen LogP contribution in [0.4, 0.5) is 0 Å². The van der Waals surface area contributed by atoms with E-state index in [2.05, 4.69) is 31.8 Å². The van der Waals surface area contributed by atoms with Gasteiger partial charge in [0.15, 0.2) is 0 Å². The maximum atomic E-state index is 11.8. The summed E-state index contributed by atoms with van der Waals surface area (Å²) in [6.45, 7) is 6.28. The molecule has 0 unspecified atom stereocenters. The number of fused-ring (bicyclic) bond motifs is 5.